The molecule has 0 radical (unpaired) electrons. The lowest BCUT2D eigenvalue weighted by atomic mass is 9.96. The maximum atomic E-state index is 12.1. The number of nitrogens with zero attached hydrogens (tertiary/aromatic N) is 3. The summed E-state index contributed by atoms with van der Waals surface area (Å²) >= 11 is 0. The van der Waals surface area contributed by atoms with E-state index >= 15 is 0 Å². The number of amides is 1. The second-order valence-corrected chi connectivity index (χ2v) is 5.00. The maximum Gasteiger partial charge on any atom is 0.244 e. The van der Waals surface area contributed by atoms with E-state index in [2.05, 4.69) is 15.3 Å². The number of carbonyl (C=O) groups is 1. The number of aromatic nitrogens is 3. The zero-order valence-corrected chi connectivity index (χ0v) is 11.7. The predicted octanol–water partition coefficient (Wildman–Crippen LogP) is 1.72. The number of hydrogen-bond acceptors (Lipinski definition) is 4. The highest BCUT2D eigenvalue weighted by molar-refractivity contribution is 5.97. The van der Waals surface area contributed by atoms with E-state index in [4.69, 9.17) is 5.73 Å². The van der Waals surface area contributed by atoms with Gasteiger partial charge in [-0.2, -0.15) is 0 Å². The summed E-state index contributed by atoms with van der Waals surface area (Å²) < 4.78 is 1.79. The molecule has 0 aliphatic carbocycles. The molecule has 1 amide bonds. The normalized spacial score (nSPS) is 13.8. The zero-order chi connectivity index (χ0) is 14.6. The molecule has 0 fully saturated rings. The molecule has 1 atom stereocenters. The smallest absolute Gasteiger partial charge is 0.244 e. The van der Waals surface area contributed by atoms with E-state index in [0.29, 0.717) is 12.1 Å². The average molecular weight is 273 g/mol. The number of imidazole rings is 1. The van der Waals surface area contributed by atoms with Crippen LogP contribution in [0, 0.1) is 0 Å². The summed E-state index contributed by atoms with van der Waals surface area (Å²) in [5.41, 5.74) is 5.75. The van der Waals surface area contributed by atoms with Gasteiger partial charge in [0.05, 0.1) is 17.4 Å². The van der Waals surface area contributed by atoms with E-state index in [-0.39, 0.29) is 5.91 Å². The van der Waals surface area contributed by atoms with Crippen LogP contribution in [0.3, 0.4) is 0 Å². The van der Waals surface area contributed by atoms with Crippen molar-refractivity contribution in [2.75, 3.05) is 5.32 Å². The molecule has 0 spiro atoms. The van der Waals surface area contributed by atoms with Crippen LogP contribution in [0.1, 0.15) is 26.7 Å². The Morgan fingerprint density at radius 1 is 1.50 bits per heavy atom. The minimum Gasteiger partial charge on any atom is -0.323 e. The molecular formula is C14H19N5O. The standard InChI is InChI=1S/C14H19N5O/c1-3-6-14(2,15)13(20)18-11-4-5-12(17-9-11)19-8-7-16-10-19/h4-5,7-10H,3,6,15H2,1-2H3,(H,18,20). The summed E-state index contributed by atoms with van der Waals surface area (Å²) in [7, 11) is 0. The number of pyridine rings is 1. The number of carbonyl (C=O) groups excluding carboxylic acids is 1. The number of anilines is 1. The summed E-state index contributed by atoms with van der Waals surface area (Å²) in [4.78, 5) is 20.3. The van der Waals surface area contributed by atoms with Gasteiger partial charge in [-0.15, -0.1) is 0 Å². The average Bonchev–Trinajstić information content (AvgIpc) is 2.93. The van der Waals surface area contributed by atoms with Gasteiger partial charge in [-0.05, 0) is 25.5 Å². The fraction of sp³-hybridized carbons (Fsp3) is 0.357. The monoisotopic (exact) mass is 273 g/mol. The van der Waals surface area contributed by atoms with Crippen LogP contribution in [0.15, 0.2) is 37.1 Å². The Morgan fingerprint density at radius 3 is 2.85 bits per heavy atom. The van der Waals surface area contributed by atoms with Crippen LogP contribution in [0.2, 0.25) is 0 Å². The minimum absolute atomic E-state index is 0.198. The summed E-state index contributed by atoms with van der Waals surface area (Å²) in [6.45, 7) is 3.74. The van der Waals surface area contributed by atoms with Crippen molar-refractivity contribution in [3.63, 3.8) is 0 Å². The van der Waals surface area contributed by atoms with Crippen LogP contribution in [0.4, 0.5) is 5.69 Å². The van der Waals surface area contributed by atoms with E-state index in [9.17, 15) is 4.79 Å². The quantitative estimate of drug-likeness (QED) is 0.868. The third-order valence-electron chi connectivity index (χ3n) is 3.06. The van der Waals surface area contributed by atoms with Crippen molar-refractivity contribution in [2.45, 2.75) is 32.2 Å². The molecule has 2 heterocycles. The highest BCUT2D eigenvalue weighted by Gasteiger charge is 2.27. The van der Waals surface area contributed by atoms with Crippen LogP contribution in [0.5, 0.6) is 0 Å². The third kappa shape index (κ3) is 3.21. The van der Waals surface area contributed by atoms with Gasteiger partial charge in [-0.1, -0.05) is 13.3 Å². The number of nitrogens with two attached hydrogens (primary N) is 1. The Bertz CT molecular complexity index is 560. The Hall–Kier alpha value is -2.21. The largest absolute Gasteiger partial charge is 0.323 e. The van der Waals surface area contributed by atoms with Crippen LogP contribution >= 0.6 is 0 Å². The molecule has 2 aromatic heterocycles. The molecule has 2 aromatic rings. The molecule has 0 bridgehead atoms. The highest BCUT2D eigenvalue weighted by atomic mass is 16.2. The van der Waals surface area contributed by atoms with Crippen LogP contribution in [-0.2, 0) is 4.79 Å². The molecular weight excluding hydrogens is 254 g/mol. The van der Waals surface area contributed by atoms with Crippen molar-refractivity contribution in [3.8, 4) is 5.82 Å². The van der Waals surface area contributed by atoms with Gasteiger partial charge in [0.2, 0.25) is 5.91 Å². The Labute approximate surface area is 118 Å². The Balaban J connectivity index is 2.06. The van der Waals surface area contributed by atoms with Gasteiger partial charge >= 0.3 is 0 Å². The summed E-state index contributed by atoms with van der Waals surface area (Å²) in [5, 5.41) is 2.79. The van der Waals surface area contributed by atoms with Crippen molar-refractivity contribution < 1.29 is 4.79 Å². The lowest BCUT2D eigenvalue weighted by Gasteiger charge is -2.22. The second kappa shape index (κ2) is 5.83. The third-order valence-corrected chi connectivity index (χ3v) is 3.06. The van der Waals surface area contributed by atoms with Gasteiger partial charge in [0.1, 0.15) is 12.1 Å². The van der Waals surface area contributed by atoms with E-state index in [1.165, 1.54) is 0 Å². The summed E-state index contributed by atoms with van der Waals surface area (Å²) in [6, 6.07) is 3.60. The Kier molecular flexibility index (Phi) is 4.14. The molecule has 2 rings (SSSR count). The van der Waals surface area contributed by atoms with Gasteiger partial charge in [0.25, 0.3) is 0 Å². The van der Waals surface area contributed by atoms with Crippen molar-refractivity contribution in [1.82, 2.24) is 14.5 Å². The molecule has 3 N–H and O–H groups in total. The molecule has 0 saturated carbocycles. The predicted molar refractivity (Wildman–Crippen MR) is 77.5 cm³/mol. The first kappa shape index (κ1) is 14.2. The molecule has 106 valence electrons. The van der Waals surface area contributed by atoms with E-state index in [1.807, 2.05) is 13.0 Å². The molecule has 0 aliphatic heterocycles. The van der Waals surface area contributed by atoms with Crippen LogP contribution in [-0.4, -0.2) is 26.0 Å². The first-order chi connectivity index (χ1) is 9.53. The van der Waals surface area contributed by atoms with E-state index < -0.39 is 5.54 Å². The van der Waals surface area contributed by atoms with Gasteiger partial charge in [-0.25, -0.2) is 9.97 Å². The van der Waals surface area contributed by atoms with Crippen molar-refractivity contribution in [1.29, 1.82) is 0 Å². The summed E-state index contributed by atoms with van der Waals surface area (Å²) in [6.07, 6.45) is 8.26. The molecule has 1 unspecified atom stereocenters. The van der Waals surface area contributed by atoms with Crippen molar-refractivity contribution in [3.05, 3.63) is 37.1 Å². The van der Waals surface area contributed by atoms with Gasteiger partial charge < -0.3 is 11.1 Å². The molecule has 6 nitrogen and oxygen atoms in total. The van der Waals surface area contributed by atoms with Crippen LogP contribution < -0.4 is 11.1 Å². The van der Waals surface area contributed by atoms with Gasteiger partial charge in [0, 0.05) is 12.4 Å². The topological polar surface area (TPSA) is 85.8 Å². The molecule has 0 aromatic carbocycles. The lowest BCUT2D eigenvalue weighted by Crippen LogP contribution is -2.48. The SMILES string of the molecule is CCCC(C)(N)C(=O)Nc1ccc(-n2ccnc2)nc1. The zero-order valence-electron chi connectivity index (χ0n) is 11.7. The fourth-order valence-electron chi connectivity index (χ4n) is 1.91. The van der Waals surface area contributed by atoms with Gasteiger partial charge in [0.15, 0.2) is 0 Å². The second-order valence-electron chi connectivity index (χ2n) is 5.00. The lowest BCUT2D eigenvalue weighted by molar-refractivity contribution is -0.120. The van der Waals surface area contributed by atoms with Crippen molar-refractivity contribution >= 4 is 11.6 Å². The highest BCUT2D eigenvalue weighted by Crippen LogP contribution is 2.14. The first-order valence-electron chi connectivity index (χ1n) is 6.57. The van der Waals surface area contributed by atoms with Gasteiger partial charge in [-0.3, -0.25) is 9.36 Å². The molecule has 6 heteroatoms. The number of rotatable bonds is 5. The fourth-order valence-corrected chi connectivity index (χ4v) is 1.91. The number of hydrogen-bond donors (Lipinski definition) is 2. The number of nitrogens with one attached hydrogen (secondary N) is 1. The Morgan fingerprint density at radius 2 is 2.30 bits per heavy atom. The summed E-state index contributed by atoms with van der Waals surface area (Å²) in [5.74, 6) is 0.543. The van der Waals surface area contributed by atoms with Crippen molar-refractivity contribution in [2.24, 2.45) is 5.73 Å². The van der Waals surface area contributed by atoms with Crippen LogP contribution in [0.25, 0.3) is 5.82 Å². The molecule has 0 saturated heterocycles. The maximum absolute atomic E-state index is 12.1. The minimum atomic E-state index is -0.863. The van der Waals surface area contributed by atoms with E-state index in [0.717, 1.165) is 12.2 Å². The molecule has 0 aliphatic rings. The van der Waals surface area contributed by atoms with E-state index in [1.54, 1.807) is 42.5 Å². The molecule has 20 heavy (non-hydrogen) atoms. The first-order valence-corrected chi connectivity index (χ1v) is 6.57.